The normalized spacial score (nSPS) is 20.1. The zero-order valence-electron chi connectivity index (χ0n) is 11.7. The molecule has 1 atom stereocenters. The van der Waals surface area contributed by atoms with Crippen molar-refractivity contribution in [2.24, 2.45) is 0 Å². The Bertz CT molecular complexity index is 374. The van der Waals surface area contributed by atoms with E-state index >= 15 is 0 Å². The van der Waals surface area contributed by atoms with Gasteiger partial charge in [-0.2, -0.15) is 0 Å². The summed E-state index contributed by atoms with van der Waals surface area (Å²) in [6.45, 7) is 11.1. The molecule has 2 rings (SSSR count). The molecule has 100 valence electrons. The molecule has 0 radical (unpaired) electrons. The van der Waals surface area contributed by atoms with E-state index in [4.69, 9.17) is 4.74 Å². The average molecular weight is 248 g/mol. The van der Waals surface area contributed by atoms with E-state index in [0.29, 0.717) is 6.10 Å². The van der Waals surface area contributed by atoms with E-state index < -0.39 is 0 Å². The van der Waals surface area contributed by atoms with Crippen molar-refractivity contribution >= 4 is 0 Å². The van der Waals surface area contributed by atoms with Gasteiger partial charge in [-0.15, -0.1) is 0 Å². The molecule has 0 saturated carbocycles. The van der Waals surface area contributed by atoms with E-state index in [1.807, 2.05) is 0 Å². The maximum Gasteiger partial charge on any atom is 0.0824 e. The van der Waals surface area contributed by atoms with E-state index in [2.05, 4.69) is 43.5 Å². The van der Waals surface area contributed by atoms with Gasteiger partial charge in [0.05, 0.1) is 12.7 Å². The van der Waals surface area contributed by atoms with Crippen LogP contribution in [0, 0.1) is 20.8 Å². The molecule has 0 bridgehead atoms. The first-order chi connectivity index (χ1) is 8.66. The standard InChI is InChI=1S/C15H24N2O/c1-11-6-12(2)15(13(3)7-11)10-17-9-14-8-16-4-5-18-14/h6-7,14,16-17H,4-5,8-10H2,1-3H3. The average Bonchev–Trinajstić information content (AvgIpc) is 2.34. The van der Waals surface area contributed by atoms with Gasteiger partial charge in [-0.05, 0) is 37.5 Å². The Morgan fingerprint density at radius 1 is 1.28 bits per heavy atom. The monoisotopic (exact) mass is 248 g/mol. The third kappa shape index (κ3) is 3.55. The minimum absolute atomic E-state index is 0.310. The molecule has 1 unspecified atom stereocenters. The van der Waals surface area contributed by atoms with Gasteiger partial charge in [0.1, 0.15) is 0 Å². The Morgan fingerprint density at radius 3 is 2.61 bits per heavy atom. The van der Waals surface area contributed by atoms with Crippen molar-refractivity contribution < 1.29 is 4.74 Å². The molecule has 1 aromatic carbocycles. The summed E-state index contributed by atoms with van der Waals surface area (Å²) in [5.41, 5.74) is 5.52. The van der Waals surface area contributed by atoms with Crippen LogP contribution in [0.4, 0.5) is 0 Å². The molecule has 0 aliphatic carbocycles. The van der Waals surface area contributed by atoms with Crippen molar-refractivity contribution in [3.05, 3.63) is 34.4 Å². The number of nitrogens with one attached hydrogen (secondary N) is 2. The fourth-order valence-corrected chi connectivity index (χ4v) is 2.60. The molecule has 0 amide bonds. The van der Waals surface area contributed by atoms with Crippen LogP contribution in [0.2, 0.25) is 0 Å². The fraction of sp³-hybridized carbons (Fsp3) is 0.600. The quantitative estimate of drug-likeness (QED) is 0.851. The van der Waals surface area contributed by atoms with Crippen molar-refractivity contribution in [1.82, 2.24) is 10.6 Å². The molecular formula is C15H24N2O. The Labute approximate surface area is 110 Å². The van der Waals surface area contributed by atoms with Crippen molar-refractivity contribution in [3.63, 3.8) is 0 Å². The van der Waals surface area contributed by atoms with Crippen LogP contribution < -0.4 is 10.6 Å². The lowest BCUT2D eigenvalue weighted by atomic mass is 10.00. The number of benzene rings is 1. The van der Waals surface area contributed by atoms with Gasteiger partial charge in [-0.3, -0.25) is 0 Å². The third-order valence-electron chi connectivity index (χ3n) is 3.52. The molecule has 3 heteroatoms. The van der Waals surface area contributed by atoms with Crippen LogP contribution in [0.3, 0.4) is 0 Å². The summed E-state index contributed by atoms with van der Waals surface area (Å²) >= 11 is 0. The minimum Gasteiger partial charge on any atom is -0.374 e. The lowest BCUT2D eigenvalue weighted by molar-refractivity contribution is 0.0290. The first-order valence-electron chi connectivity index (χ1n) is 6.76. The maximum atomic E-state index is 5.67. The van der Waals surface area contributed by atoms with Crippen LogP contribution in [0.1, 0.15) is 22.3 Å². The highest BCUT2D eigenvalue weighted by molar-refractivity contribution is 5.37. The van der Waals surface area contributed by atoms with Crippen molar-refractivity contribution in [2.45, 2.75) is 33.4 Å². The summed E-state index contributed by atoms with van der Waals surface area (Å²) in [6.07, 6.45) is 0.310. The first kappa shape index (κ1) is 13.5. The number of hydrogen-bond donors (Lipinski definition) is 2. The summed E-state index contributed by atoms with van der Waals surface area (Å²) < 4.78 is 5.67. The second-order valence-corrected chi connectivity index (χ2v) is 5.21. The summed E-state index contributed by atoms with van der Waals surface area (Å²) in [7, 11) is 0. The van der Waals surface area contributed by atoms with Gasteiger partial charge in [0.15, 0.2) is 0 Å². The molecule has 1 saturated heterocycles. The SMILES string of the molecule is Cc1cc(C)c(CNCC2CNCCO2)c(C)c1. The zero-order chi connectivity index (χ0) is 13.0. The number of rotatable bonds is 4. The van der Waals surface area contributed by atoms with Gasteiger partial charge in [-0.1, -0.05) is 17.7 Å². The lowest BCUT2D eigenvalue weighted by Crippen LogP contribution is -2.43. The van der Waals surface area contributed by atoms with Gasteiger partial charge < -0.3 is 15.4 Å². The summed E-state index contributed by atoms with van der Waals surface area (Å²) in [5, 5.41) is 6.86. The number of hydrogen-bond acceptors (Lipinski definition) is 3. The number of aryl methyl sites for hydroxylation is 3. The Hall–Kier alpha value is -0.900. The van der Waals surface area contributed by atoms with E-state index in [1.54, 1.807) is 0 Å². The van der Waals surface area contributed by atoms with Crippen LogP contribution >= 0.6 is 0 Å². The highest BCUT2D eigenvalue weighted by atomic mass is 16.5. The molecule has 1 aliphatic heterocycles. The van der Waals surface area contributed by atoms with Crippen molar-refractivity contribution in [1.29, 1.82) is 0 Å². The molecule has 1 aromatic rings. The number of morpholine rings is 1. The van der Waals surface area contributed by atoms with Gasteiger partial charge in [-0.25, -0.2) is 0 Å². The maximum absolute atomic E-state index is 5.67. The molecule has 0 spiro atoms. The molecule has 18 heavy (non-hydrogen) atoms. The molecular weight excluding hydrogens is 224 g/mol. The van der Waals surface area contributed by atoms with Crippen LogP contribution in [0.25, 0.3) is 0 Å². The van der Waals surface area contributed by atoms with E-state index in [1.165, 1.54) is 22.3 Å². The minimum atomic E-state index is 0.310. The Morgan fingerprint density at radius 2 is 2.00 bits per heavy atom. The van der Waals surface area contributed by atoms with Crippen LogP contribution in [-0.4, -0.2) is 32.3 Å². The van der Waals surface area contributed by atoms with Crippen LogP contribution in [0.5, 0.6) is 0 Å². The van der Waals surface area contributed by atoms with Gasteiger partial charge in [0, 0.05) is 26.2 Å². The molecule has 3 nitrogen and oxygen atoms in total. The smallest absolute Gasteiger partial charge is 0.0824 e. The highest BCUT2D eigenvalue weighted by Gasteiger charge is 2.12. The number of ether oxygens (including phenoxy) is 1. The van der Waals surface area contributed by atoms with Crippen molar-refractivity contribution in [3.8, 4) is 0 Å². The molecule has 1 fully saturated rings. The fourth-order valence-electron chi connectivity index (χ4n) is 2.60. The zero-order valence-corrected chi connectivity index (χ0v) is 11.7. The third-order valence-corrected chi connectivity index (χ3v) is 3.52. The molecule has 2 N–H and O–H groups in total. The summed E-state index contributed by atoms with van der Waals surface area (Å²) in [4.78, 5) is 0. The van der Waals surface area contributed by atoms with Gasteiger partial charge in [0.2, 0.25) is 0 Å². The molecule has 1 heterocycles. The van der Waals surface area contributed by atoms with Crippen LogP contribution in [0.15, 0.2) is 12.1 Å². The Balaban J connectivity index is 1.86. The van der Waals surface area contributed by atoms with Crippen LogP contribution in [-0.2, 0) is 11.3 Å². The van der Waals surface area contributed by atoms with E-state index in [9.17, 15) is 0 Å². The van der Waals surface area contributed by atoms with Gasteiger partial charge >= 0.3 is 0 Å². The second-order valence-electron chi connectivity index (χ2n) is 5.21. The topological polar surface area (TPSA) is 33.3 Å². The van der Waals surface area contributed by atoms with E-state index in [-0.39, 0.29) is 0 Å². The molecule has 0 aromatic heterocycles. The summed E-state index contributed by atoms with van der Waals surface area (Å²) in [6, 6.07) is 4.51. The largest absolute Gasteiger partial charge is 0.374 e. The van der Waals surface area contributed by atoms with Crippen molar-refractivity contribution in [2.75, 3.05) is 26.2 Å². The second kappa shape index (κ2) is 6.32. The molecule has 1 aliphatic rings. The predicted molar refractivity (Wildman–Crippen MR) is 75.0 cm³/mol. The summed E-state index contributed by atoms with van der Waals surface area (Å²) in [5.74, 6) is 0. The first-order valence-corrected chi connectivity index (χ1v) is 6.76. The van der Waals surface area contributed by atoms with Gasteiger partial charge in [0.25, 0.3) is 0 Å². The highest BCUT2D eigenvalue weighted by Crippen LogP contribution is 2.16. The Kier molecular flexibility index (Phi) is 4.75. The van der Waals surface area contributed by atoms with E-state index in [0.717, 1.165) is 32.8 Å². The predicted octanol–water partition coefficient (Wildman–Crippen LogP) is 1.69. The lowest BCUT2D eigenvalue weighted by Gasteiger charge is -2.24.